The molecule has 0 aromatic rings. The third-order valence-corrected chi connectivity index (χ3v) is 5.18. The monoisotopic (exact) mass is 512 g/mol. The van der Waals surface area contributed by atoms with Gasteiger partial charge in [-0.25, -0.2) is 0 Å². The molecule has 32 heavy (non-hydrogen) atoms. The highest BCUT2D eigenvalue weighted by atomic mass is 32.2. The molecule has 0 amide bonds. The highest BCUT2D eigenvalue weighted by Gasteiger charge is 2.37. The van der Waals surface area contributed by atoms with E-state index in [0.717, 1.165) is 19.3 Å². The fourth-order valence-electron chi connectivity index (χ4n) is 2.06. The first-order chi connectivity index (χ1) is 15.3. The number of rotatable bonds is 19. The van der Waals surface area contributed by atoms with Gasteiger partial charge in [-0.05, 0) is 26.5 Å². The predicted molar refractivity (Wildman–Crippen MR) is 131 cm³/mol. The summed E-state index contributed by atoms with van der Waals surface area (Å²) >= 11 is 9.47. The first-order valence-electron chi connectivity index (χ1n) is 10.2. The van der Waals surface area contributed by atoms with Crippen LogP contribution in [0, 0.1) is 11.3 Å². The van der Waals surface area contributed by atoms with Crippen LogP contribution in [-0.4, -0.2) is 38.7 Å². The number of carbonyl (C=O) groups excluding carboxylic acids is 1. The maximum Gasteiger partial charge on any atom is 0.308 e. The Labute approximate surface area is 206 Å². The summed E-state index contributed by atoms with van der Waals surface area (Å²) in [5, 5.41) is 4.60. The van der Waals surface area contributed by atoms with Gasteiger partial charge in [-0.2, -0.15) is 14.7 Å². The Morgan fingerprint density at radius 3 is 2.06 bits per heavy atom. The summed E-state index contributed by atoms with van der Waals surface area (Å²) in [4.78, 5) is 43.8. The predicted octanol–water partition coefficient (Wildman–Crippen LogP) is 5.60. The third kappa shape index (κ3) is 15.0. The minimum atomic E-state index is -0.999. The normalized spacial score (nSPS) is 13.8. The van der Waals surface area contributed by atoms with Crippen LogP contribution in [0.25, 0.3) is 0 Å². The number of unbranched alkanes of at least 4 members (excludes halogenated alkanes) is 1. The lowest BCUT2D eigenvalue weighted by atomic mass is 9.92. The lowest BCUT2D eigenvalue weighted by molar-refractivity contribution is -0.343. The SMILES string of the molecule is CCCCC(C)C(=O)OCC(COO/C=C/SC)(COO/C(C)=C\S)COO/C(C)=C\S. The zero-order chi connectivity index (χ0) is 24.2. The quantitative estimate of drug-likeness (QED) is 0.0573. The fourth-order valence-corrected chi connectivity index (χ4v) is 2.30. The van der Waals surface area contributed by atoms with Gasteiger partial charge in [-0.3, -0.25) is 4.79 Å². The van der Waals surface area contributed by atoms with E-state index in [1.807, 2.05) is 13.2 Å². The zero-order valence-corrected chi connectivity index (χ0v) is 22.0. The Morgan fingerprint density at radius 2 is 1.56 bits per heavy atom. The van der Waals surface area contributed by atoms with Crippen molar-refractivity contribution in [2.24, 2.45) is 11.3 Å². The van der Waals surface area contributed by atoms with Gasteiger partial charge < -0.3 is 19.4 Å². The number of hydrogen-bond acceptors (Lipinski definition) is 11. The molecule has 186 valence electrons. The van der Waals surface area contributed by atoms with Crippen molar-refractivity contribution >= 4 is 43.0 Å². The van der Waals surface area contributed by atoms with Gasteiger partial charge in [0.25, 0.3) is 0 Å². The first kappa shape index (κ1) is 31.0. The van der Waals surface area contributed by atoms with Gasteiger partial charge in [0.1, 0.15) is 44.2 Å². The van der Waals surface area contributed by atoms with Crippen molar-refractivity contribution in [1.29, 1.82) is 0 Å². The van der Waals surface area contributed by atoms with E-state index in [9.17, 15) is 4.79 Å². The summed E-state index contributed by atoms with van der Waals surface area (Å²) in [6, 6.07) is 0. The lowest BCUT2D eigenvalue weighted by Crippen LogP contribution is -2.42. The Bertz CT molecular complexity index is 572. The average molecular weight is 513 g/mol. The molecule has 0 N–H and O–H groups in total. The highest BCUT2D eigenvalue weighted by molar-refractivity contribution is 8.01. The lowest BCUT2D eigenvalue weighted by Gasteiger charge is -2.30. The molecule has 0 saturated heterocycles. The second kappa shape index (κ2) is 19.5. The Morgan fingerprint density at radius 1 is 1.00 bits per heavy atom. The van der Waals surface area contributed by atoms with Gasteiger partial charge in [-0.1, -0.05) is 26.7 Å². The molecule has 0 aliphatic rings. The maximum absolute atomic E-state index is 12.5. The average Bonchev–Trinajstić information content (AvgIpc) is 2.80. The number of thioether (sulfide) groups is 1. The molecule has 0 radical (unpaired) electrons. The second-order valence-electron chi connectivity index (χ2n) is 7.19. The molecule has 1 unspecified atom stereocenters. The van der Waals surface area contributed by atoms with Crippen LogP contribution in [0.2, 0.25) is 0 Å². The highest BCUT2D eigenvalue weighted by Crippen LogP contribution is 2.24. The van der Waals surface area contributed by atoms with Gasteiger partial charge in [0.2, 0.25) is 0 Å². The van der Waals surface area contributed by atoms with Crippen LogP contribution in [0.1, 0.15) is 47.0 Å². The van der Waals surface area contributed by atoms with E-state index in [1.54, 1.807) is 19.3 Å². The van der Waals surface area contributed by atoms with Crippen LogP contribution in [0.5, 0.6) is 0 Å². The molecular weight excluding hydrogens is 476 g/mol. The molecule has 0 fully saturated rings. The Kier molecular flexibility index (Phi) is 18.9. The molecule has 0 rings (SSSR count). The van der Waals surface area contributed by atoms with Crippen molar-refractivity contribution in [3.05, 3.63) is 34.0 Å². The van der Waals surface area contributed by atoms with Gasteiger partial charge in [0.05, 0.1) is 11.3 Å². The molecule has 0 aliphatic heterocycles. The summed E-state index contributed by atoms with van der Waals surface area (Å²) in [6.45, 7) is 7.06. The van der Waals surface area contributed by atoms with Crippen LogP contribution in [0.3, 0.4) is 0 Å². The van der Waals surface area contributed by atoms with Crippen molar-refractivity contribution in [3.8, 4) is 0 Å². The van der Waals surface area contributed by atoms with Crippen LogP contribution in [0.4, 0.5) is 0 Å². The van der Waals surface area contributed by atoms with Gasteiger partial charge in [0, 0.05) is 16.2 Å². The number of thiol groups is 2. The van der Waals surface area contributed by atoms with E-state index in [0.29, 0.717) is 11.5 Å². The summed E-state index contributed by atoms with van der Waals surface area (Å²) in [6.07, 6.45) is 5.97. The molecule has 8 nitrogen and oxygen atoms in total. The summed E-state index contributed by atoms with van der Waals surface area (Å²) in [5.74, 6) is 0.343. The topological polar surface area (TPSA) is 81.7 Å². The molecule has 0 aromatic carbocycles. The summed E-state index contributed by atoms with van der Waals surface area (Å²) in [7, 11) is 0. The minimum absolute atomic E-state index is 0.0393. The summed E-state index contributed by atoms with van der Waals surface area (Å²) < 4.78 is 5.59. The molecular formula is C21H36O8S3. The van der Waals surface area contributed by atoms with E-state index in [1.165, 1.54) is 28.8 Å². The number of carbonyl (C=O) groups is 1. The van der Waals surface area contributed by atoms with Crippen LogP contribution >= 0.6 is 37.0 Å². The molecule has 1 atom stereocenters. The number of hydrogen-bond donors (Lipinski definition) is 2. The Balaban J connectivity index is 5.34. The first-order valence-corrected chi connectivity index (χ1v) is 12.5. The van der Waals surface area contributed by atoms with E-state index in [4.69, 9.17) is 34.1 Å². The smallest absolute Gasteiger partial charge is 0.308 e. The number of allylic oxidation sites excluding steroid dienone is 2. The number of esters is 1. The van der Waals surface area contributed by atoms with Crippen LogP contribution in [-0.2, 0) is 38.9 Å². The zero-order valence-electron chi connectivity index (χ0n) is 19.4. The van der Waals surface area contributed by atoms with Crippen molar-refractivity contribution < 1.29 is 38.9 Å². The minimum Gasteiger partial charge on any atom is -0.465 e. The van der Waals surface area contributed by atoms with Crippen molar-refractivity contribution in [2.45, 2.75) is 47.0 Å². The standard InChI is InChI=1S/C21H36O8S3/c1-6-7-8-17(2)20(22)23-13-21(14-25-24-9-10-32-5,15-26-28-18(3)11-30)16-27-29-19(4)12-31/h9-12,17,30-31H,6-8,13-16H2,1-5H3/b10-9+,18-11-,19-12-. The van der Waals surface area contributed by atoms with E-state index in [2.05, 4.69) is 32.2 Å². The van der Waals surface area contributed by atoms with E-state index >= 15 is 0 Å². The third-order valence-electron chi connectivity index (χ3n) is 4.07. The van der Waals surface area contributed by atoms with Crippen molar-refractivity contribution in [2.75, 3.05) is 32.7 Å². The van der Waals surface area contributed by atoms with Gasteiger partial charge in [0.15, 0.2) is 0 Å². The number of ether oxygens (including phenoxy) is 1. The molecule has 11 heteroatoms. The summed E-state index contributed by atoms with van der Waals surface area (Å²) in [5.41, 5.74) is -0.999. The Hall–Kier alpha value is -0.980. The molecule has 0 heterocycles. The van der Waals surface area contributed by atoms with Crippen LogP contribution < -0.4 is 0 Å². The van der Waals surface area contributed by atoms with Crippen LogP contribution in [0.15, 0.2) is 34.0 Å². The second-order valence-corrected chi connectivity index (χ2v) is 8.45. The molecule has 0 saturated carbocycles. The molecule has 0 spiro atoms. The van der Waals surface area contributed by atoms with E-state index in [-0.39, 0.29) is 38.3 Å². The maximum atomic E-state index is 12.5. The van der Waals surface area contributed by atoms with E-state index < -0.39 is 5.41 Å². The fraction of sp³-hybridized carbons (Fsp3) is 0.667. The van der Waals surface area contributed by atoms with Gasteiger partial charge in [-0.15, -0.1) is 37.0 Å². The van der Waals surface area contributed by atoms with Gasteiger partial charge >= 0.3 is 5.97 Å². The molecule has 0 bridgehead atoms. The van der Waals surface area contributed by atoms with Crippen molar-refractivity contribution in [3.63, 3.8) is 0 Å². The molecule has 0 aliphatic carbocycles. The molecule has 0 aromatic heterocycles. The largest absolute Gasteiger partial charge is 0.465 e. The van der Waals surface area contributed by atoms with Crippen molar-refractivity contribution in [1.82, 2.24) is 0 Å².